The number of hydrogen-bond acceptors (Lipinski definition) is 5. The predicted molar refractivity (Wildman–Crippen MR) is 120 cm³/mol. The first-order chi connectivity index (χ1) is 14.8. The van der Waals surface area contributed by atoms with Gasteiger partial charge in [0.1, 0.15) is 11.5 Å². The van der Waals surface area contributed by atoms with Gasteiger partial charge in [-0.15, -0.1) is 0 Å². The summed E-state index contributed by atoms with van der Waals surface area (Å²) < 4.78 is 5.95. The minimum atomic E-state index is -0.635. The highest BCUT2D eigenvalue weighted by Gasteiger charge is 2.43. The number of ether oxygens (including phenoxy) is 1. The van der Waals surface area contributed by atoms with Gasteiger partial charge >= 0.3 is 0 Å². The number of carbonyl (C=O) groups is 2. The van der Waals surface area contributed by atoms with E-state index in [0.717, 1.165) is 18.5 Å². The SMILES string of the molecule is CC(C)C(=O)C1=C(O)C(=O)N(CCCN(C)C)C1c1cccc(Oc2ccccc2)c1. The van der Waals surface area contributed by atoms with E-state index >= 15 is 0 Å². The van der Waals surface area contributed by atoms with E-state index in [1.165, 1.54) is 0 Å². The molecule has 1 amide bonds. The monoisotopic (exact) mass is 422 g/mol. The highest BCUT2D eigenvalue weighted by Crippen LogP contribution is 2.40. The second-order valence-corrected chi connectivity index (χ2v) is 8.33. The second kappa shape index (κ2) is 9.79. The van der Waals surface area contributed by atoms with E-state index in [1.807, 2.05) is 73.6 Å². The first-order valence-corrected chi connectivity index (χ1v) is 10.6. The Morgan fingerprint density at radius 2 is 1.77 bits per heavy atom. The predicted octanol–water partition coefficient (Wildman–Crippen LogP) is 4.35. The zero-order valence-corrected chi connectivity index (χ0v) is 18.5. The maximum Gasteiger partial charge on any atom is 0.290 e. The molecule has 6 heteroatoms. The summed E-state index contributed by atoms with van der Waals surface area (Å²) in [6.07, 6.45) is 0.728. The molecule has 2 aromatic rings. The quantitative estimate of drug-likeness (QED) is 0.651. The molecule has 0 saturated heterocycles. The Hall–Kier alpha value is -3.12. The lowest BCUT2D eigenvalue weighted by atomic mass is 9.91. The molecule has 164 valence electrons. The van der Waals surface area contributed by atoms with Gasteiger partial charge in [-0.1, -0.05) is 44.2 Å². The molecule has 1 atom stereocenters. The summed E-state index contributed by atoms with van der Waals surface area (Å²) >= 11 is 0. The Morgan fingerprint density at radius 1 is 1.10 bits per heavy atom. The molecule has 2 aromatic carbocycles. The fourth-order valence-corrected chi connectivity index (χ4v) is 3.72. The molecule has 0 bridgehead atoms. The van der Waals surface area contributed by atoms with Crippen molar-refractivity contribution in [1.82, 2.24) is 9.80 Å². The number of aliphatic hydroxyl groups is 1. The van der Waals surface area contributed by atoms with Gasteiger partial charge in [-0.3, -0.25) is 9.59 Å². The molecular formula is C25H30N2O4. The van der Waals surface area contributed by atoms with E-state index in [-0.39, 0.29) is 17.3 Å². The van der Waals surface area contributed by atoms with Gasteiger partial charge in [0.15, 0.2) is 11.5 Å². The van der Waals surface area contributed by atoms with Crippen LogP contribution in [0.25, 0.3) is 0 Å². The Kier molecular flexibility index (Phi) is 7.13. The van der Waals surface area contributed by atoms with Crippen molar-refractivity contribution < 1.29 is 19.4 Å². The van der Waals surface area contributed by atoms with Crippen molar-refractivity contribution in [3.05, 3.63) is 71.5 Å². The lowest BCUT2D eigenvalue weighted by Gasteiger charge is -2.28. The summed E-state index contributed by atoms with van der Waals surface area (Å²) in [6, 6.07) is 16.1. The molecule has 1 unspecified atom stereocenters. The first-order valence-electron chi connectivity index (χ1n) is 10.6. The van der Waals surface area contributed by atoms with Crippen molar-refractivity contribution in [3.63, 3.8) is 0 Å². The van der Waals surface area contributed by atoms with Crippen LogP contribution >= 0.6 is 0 Å². The summed E-state index contributed by atoms with van der Waals surface area (Å²) in [4.78, 5) is 29.5. The average molecular weight is 423 g/mol. The topological polar surface area (TPSA) is 70.1 Å². The molecule has 0 fully saturated rings. The number of hydrogen-bond donors (Lipinski definition) is 1. The average Bonchev–Trinajstić information content (AvgIpc) is 2.99. The standard InChI is InChI=1S/C25H30N2O4/c1-17(2)23(28)21-22(27(25(30)24(21)29)15-9-14-26(3)4)18-10-8-13-20(16-18)31-19-11-6-5-7-12-19/h5-8,10-13,16-17,22,29H,9,14-15H2,1-4H3. The summed E-state index contributed by atoms with van der Waals surface area (Å²) in [7, 11) is 3.94. The summed E-state index contributed by atoms with van der Waals surface area (Å²) in [5, 5.41) is 10.6. The zero-order chi connectivity index (χ0) is 22.5. The first kappa shape index (κ1) is 22.6. The number of ketones is 1. The largest absolute Gasteiger partial charge is 0.503 e. The second-order valence-electron chi connectivity index (χ2n) is 8.33. The Bertz CT molecular complexity index is 966. The van der Waals surface area contributed by atoms with Crippen LogP contribution in [0.5, 0.6) is 11.5 Å². The lowest BCUT2D eigenvalue weighted by molar-refractivity contribution is -0.129. The molecule has 0 radical (unpaired) electrons. The van der Waals surface area contributed by atoms with Crippen LogP contribution in [0.2, 0.25) is 0 Å². The summed E-state index contributed by atoms with van der Waals surface area (Å²) in [5.74, 6) is -0.197. The van der Waals surface area contributed by atoms with E-state index in [0.29, 0.717) is 18.0 Å². The van der Waals surface area contributed by atoms with Gasteiger partial charge in [0, 0.05) is 12.5 Å². The summed E-state index contributed by atoms with van der Waals surface area (Å²) in [6.45, 7) is 4.77. The van der Waals surface area contributed by atoms with Gasteiger partial charge in [-0.2, -0.15) is 0 Å². The zero-order valence-electron chi connectivity index (χ0n) is 18.5. The highest BCUT2D eigenvalue weighted by molar-refractivity contribution is 6.09. The lowest BCUT2D eigenvalue weighted by Crippen LogP contribution is -2.33. The number of rotatable bonds is 9. The van der Waals surface area contributed by atoms with Crippen LogP contribution < -0.4 is 4.74 Å². The summed E-state index contributed by atoms with van der Waals surface area (Å²) in [5.41, 5.74) is 0.904. The van der Waals surface area contributed by atoms with Crippen LogP contribution in [-0.4, -0.2) is 53.8 Å². The molecule has 6 nitrogen and oxygen atoms in total. The third-order valence-corrected chi connectivity index (χ3v) is 5.25. The van der Waals surface area contributed by atoms with Crippen molar-refractivity contribution in [3.8, 4) is 11.5 Å². The number of nitrogens with zero attached hydrogens (tertiary/aromatic N) is 2. The van der Waals surface area contributed by atoms with Crippen molar-refractivity contribution in [2.24, 2.45) is 5.92 Å². The van der Waals surface area contributed by atoms with E-state index < -0.39 is 17.7 Å². The maximum absolute atomic E-state index is 13.0. The number of aliphatic hydroxyl groups excluding tert-OH is 1. The number of para-hydroxylation sites is 1. The van der Waals surface area contributed by atoms with Gasteiger partial charge in [-0.25, -0.2) is 0 Å². The van der Waals surface area contributed by atoms with Crippen LogP contribution in [0.15, 0.2) is 65.9 Å². The van der Waals surface area contributed by atoms with E-state index in [2.05, 4.69) is 0 Å². The maximum atomic E-state index is 13.0. The Morgan fingerprint density at radius 3 is 2.42 bits per heavy atom. The van der Waals surface area contributed by atoms with Crippen molar-refractivity contribution >= 4 is 11.7 Å². The molecule has 0 aromatic heterocycles. The molecular weight excluding hydrogens is 392 g/mol. The van der Waals surface area contributed by atoms with Crippen LogP contribution in [0.3, 0.4) is 0 Å². The van der Waals surface area contributed by atoms with Gasteiger partial charge in [0.2, 0.25) is 0 Å². The van der Waals surface area contributed by atoms with Crippen LogP contribution in [0.4, 0.5) is 0 Å². The third kappa shape index (κ3) is 5.14. The molecule has 1 aliphatic heterocycles. The van der Waals surface area contributed by atoms with Crippen LogP contribution in [0.1, 0.15) is 31.9 Å². The molecule has 1 aliphatic rings. The molecule has 0 spiro atoms. The molecule has 31 heavy (non-hydrogen) atoms. The smallest absolute Gasteiger partial charge is 0.290 e. The van der Waals surface area contributed by atoms with Crippen molar-refractivity contribution in [1.29, 1.82) is 0 Å². The van der Waals surface area contributed by atoms with Crippen LogP contribution in [0, 0.1) is 5.92 Å². The van der Waals surface area contributed by atoms with Gasteiger partial charge in [-0.05, 0) is 56.9 Å². The fourth-order valence-electron chi connectivity index (χ4n) is 3.72. The number of amides is 1. The van der Waals surface area contributed by atoms with E-state index in [4.69, 9.17) is 4.74 Å². The van der Waals surface area contributed by atoms with Gasteiger partial charge in [0.25, 0.3) is 5.91 Å². The van der Waals surface area contributed by atoms with Gasteiger partial charge < -0.3 is 19.6 Å². The number of benzene rings is 2. The van der Waals surface area contributed by atoms with Gasteiger partial charge in [0.05, 0.1) is 11.6 Å². The third-order valence-electron chi connectivity index (χ3n) is 5.25. The number of carbonyl (C=O) groups excluding carboxylic acids is 2. The molecule has 0 aliphatic carbocycles. The Balaban J connectivity index is 1.97. The van der Waals surface area contributed by atoms with Crippen molar-refractivity contribution in [2.45, 2.75) is 26.3 Å². The van der Waals surface area contributed by atoms with Crippen LogP contribution in [-0.2, 0) is 9.59 Å². The fraction of sp³-hybridized carbons (Fsp3) is 0.360. The molecule has 3 rings (SSSR count). The molecule has 1 heterocycles. The minimum absolute atomic E-state index is 0.168. The minimum Gasteiger partial charge on any atom is -0.503 e. The van der Waals surface area contributed by atoms with E-state index in [1.54, 1.807) is 18.7 Å². The highest BCUT2D eigenvalue weighted by atomic mass is 16.5. The Labute approximate surface area is 183 Å². The normalized spacial score (nSPS) is 16.5. The molecule has 0 saturated carbocycles. The molecule has 1 N–H and O–H groups in total. The van der Waals surface area contributed by atoms with Crippen molar-refractivity contribution in [2.75, 3.05) is 27.2 Å². The number of Topliss-reactive ketones (excluding diaryl/α,β-unsaturated/α-hetero) is 1. The van der Waals surface area contributed by atoms with E-state index in [9.17, 15) is 14.7 Å².